The van der Waals surface area contributed by atoms with Crippen LogP contribution in [0, 0.1) is 17.8 Å². The van der Waals surface area contributed by atoms with E-state index in [2.05, 4.69) is 39.5 Å². The van der Waals surface area contributed by atoms with Crippen LogP contribution in [0.25, 0.3) is 0 Å². The lowest BCUT2D eigenvalue weighted by molar-refractivity contribution is -0.150. The molecule has 4 unspecified atom stereocenters. The van der Waals surface area contributed by atoms with Gasteiger partial charge in [0.05, 0.1) is 19.1 Å². The molecule has 0 bridgehead atoms. The summed E-state index contributed by atoms with van der Waals surface area (Å²) in [6.07, 6.45) is 40.2. The lowest BCUT2D eigenvalue weighted by atomic mass is 9.88. The van der Waals surface area contributed by atoms with Crippen LogP contribution < -0.4 is 0 Å². The molecule has 0 aliphatic carbocycles. The van der Waals surface area contributed by atoms with Gasteiger partial charge in [0.2, 0.25) is 0 Å². The highest BCUT2D eigenvalue weighted by Gasteiger charge is 2.35. The zero-order valence-electron chi connectivity index (χ0n) is 38.9. The summed E-state index contributed by atoms with van der Waals surface area (Å²) in [4.78, 5) is 41.6. The number of likely N-dealkylation sites (tertiary alicyclic amines) is 1. The number of Topliss-reactive ketones (excluding diaryl/α,β-unsaturated/α-hetero) is 1. The van der Waals surface area contributed by atoms with Gasteiger partial charge in [0.25, 0.3) is 0 Å². The SMILES string of the molecule is CCCCCCCCC(CCCCCC)C(=O)CCCCCCCOC(=O)C1CC(C)CN1CCCCCCOC(=O)C(CCCCCC)CCCCCCCC. The Morgan fingerprint density at radius 2 is 0.895 bits per heavy atom. The number of rotatable bonds is 42. The van der Waals surface area contributed by atoms with Gasteiger partial charge in [-0.25, -0.2) is 0 Å². The van der Waals surface area contributed by atoms with Gasteiger partial charge in [0, 0.05) is 18.9 Å². The maximum absolute atomic E-state index is 13.1. The van der Waals surface area contributed by atoms with E-state index >= 15 is 0 Å². The summed E-state index contributed by atoms with van der Waals surface area (Å²) in [7, 11) is 0. The molecule has 336 valence electrons. The van der Waals surface area contributed by atoms with Gasteiger partial charge in [0.1, 0.15) is 11.8 Å². The molecule has 0 aromatic heterocycles. The normalized spacial score (nSPS) is 16.9. The van der Waals surface area contributed by atoms with Crippen LogP contribution in [0.4, 0.5) is 0 Å². The second-order valence-electron chi connectivity index (χ2n) is 18.3. The second-order valence-corrected chi connectivity index (χ2v) is 18.3. The minimum atomic E-state index is -0.112. The third kappa shape index (κ3) is 29.4. The van der Waals surface area contributed by atoms with Crippen molar-refractivity contribution in [3.8, 4) is 0 Å². The number of unbranched alkanes of at least 4 members (excludes halogenated alkanes) is 23. The third-order valence-electron chi connectivity index (χ3n) is 12.7. The fourth-order valence-corrected chi connectivity index (χ4v) is 8.91. The van der Waals surface area contributed by atoms with E-state index in [0.717, 1.165) is 122 Å². The van der Waals surface area contributed by atoms with E-state index in [9.17, 15) is 14.4 Å². The molecule has 0 aromatic rings. The first-order valence-corrected chi connectivity index (χ1v) is 25.5. The van der Waals surface area contributed by atoms with Crippen LogP contribution in [-0.2, 0) is 23.9 Å². The number of ether oxygens (including phenoxy) is 2. The predicted molar refractivity (Wildman–Crippen MR) is 243 cm³/mol. The van der Waals surface area contributed by atoms with Crippen molar-refractivity contribution in [1.29, 1.82) is 0 Å². The van der Waals surface area contributed by atoms with Crippen molar-refractivity contribution < 1.29 is 23.9 Å². The van der Waals surface area contributed by atoms with Gasteiger partial charge in [-0.1, -0.05) is 195 Å². The van der Waals surface area contributed by atoms with Crippen LogP contribution in [-0.4, -0.2) is 55.0 Å². The van der Waals surface area contributed by atoms with E-state index < -0.39 is 0 Å². The summed E-state index contributed by atoms with van der Waals surface area (Å²) in [6.45, 7) is 14.2. The van der Waals surface area contributed by atoms with Crippen LogP contribution in [0.2, 0.25) is 0 Å². The minimum absolute atomic E-state index is 0.0368. The molecule has 1 saturated heterocycles. The molecule has 1 fully saturated rings. The predicted octanol–water partition coefficient (Wildman–Crippen LogP) is 14.9. The molecule has 4 atom stereocenters. The summed E-state index contributed by atoms with van der Waals surface area (Å²) in [5.74, 6) is 1.38. The van der Waals surface area contributed by atoms with Crippen molar-refractivity contribution in [2.75, 3.05) is 26.3 Å². The van der Waals surface area contributed by atoms with Crippen LogP contribution >= 0.6 is 0 Å². The molecule has 1 aliphatic heterocycles. The first kappa shape index (κ1) is 53.6. The van der Waals surface area contributed by atoms with Gasteiger partial charge in [-0.2, -0.15) is 0 Å². The summed E-state index contributed by atoms with van der Waals surface area (Å²) < 4.78 is 11.6. The fourth-order valence-electron chi connectivity index (χ4n) is 8.91. The Kier molecular flexibility index (Phi) is 36.4. The summed E-state index contributed by atoms with van der Waals surface area (Å²) in [5, 5.41) is 0. The first-order chi connectivity index (χ1) is 27.9. The zero-order chi connectivity index (χ0) is 41.6. The van der Waals surface area contributed by atoms with Crippen LogP contribution in [0.5, 0.6) is 0 Å². The van der Waals surface area contributed by atoms with Crippen molar-refractivity contribution >= 4 is 17.7 Å². The number of hydrogen-bond donors (Lipinski definition) is 0. The highest BCUT2D eigenvalue weighted by molar-refractivity contribution is 5.80. The molecule has 6 nitrogen and oxygen atoms in total. The Labute approximate surface area is 354 Å². The van der Waals surface area contributed by atoms with E-state index in [0.29, 0.717) is 24.9 Å². The summed E-state index contributed by atoms with van der Waals surface area (Å²) in [6, 6.07) is -0.112. The highest BCUT2D eigenvalue weighted by Crippen LogP contribution is 2.26. The van der Waals surface area contributed by atoms with Crippen molar-refractivity contribution in [1.82, 2.24) is 4.90 Å². The molecule has 0 saturated carbocycles. The van der Waals surface area contributed by atoms with E-state index in [1.54, 1.807) is 0 Å². The summed E-state index contributed by atoms with van der Waals surface area (Å²) >= 11 is 0. The zero-order valence-corrected chi connectivity index (χ0v) is 38.9. The summed E-state index contributed by atoms with van der Waals surface area (Å²) in [5.41, 5.74) is 0. The topological polar surface area (TPSA) is 72.9 Å². The van der Waals surface area contributed by atoms with Gasteiger partial charge < -0.3 is 9.47 Å². The number of esters is 2. The largest absolute Gasteiger partial charge is 0.465 e. The smallest absolute Gasteiger partial charge is 0.323 e. The molecular weight excluding hydrogens is 707 g/mol. The van der Waals surface area contributed by atoms with Crippen LogP contribution in [0.3, 0.4) is 0 Å². The number of hydrogen-bond acceptors (Lipinski definition) is 6. The van der Waals surface area contributed by atoms with Crippen LogP contribution in [0.1, 0.15) is 259 Å². The van der Waals surface area contributed by atoms with Gasteiger partial charge in [0.15, 0.2) is 0 Å². The molecule has 57 heavy (non-hydrogen) atoms. The van der Waals surface area contributed by atoms with Crippen molar-refractivity contribution in [2.45, 2.75) is 265 Å². The highest BCUT2D eigenvalue weighted by atomic mass is 16.5. The van der Waals surface area contributed by atoms with E-state index in [1.807, 2.05) is 0 Å². The lowest BCUT2D eigenvalue weighted by Crippen LogP contribution is -2.38. The molecule has 1 aliphatic rings. The average molecular weight is 804 g/mol. The van der Waals surface area contributed by atoms with Crippen molar-refractivity contribution in [3.05, 3.63) is 0 Å². The number of carbonyl (C=O) groups excluding carboxylic acids is 3. The number of carbonyl (C=O) groups is 3. The fraction of sp³-hybridized carbons (Fsp3) is 0.941. The Morgan fingerprint density at radius 1 is 0.491 bits per heavy atom. The van der Waals surface area contributed by atoms with E-state index in [1.165, 1.54) is 116 Å². The Hall–Kier alpha value is -1.43. The molecule has 0 spiro atoms. The first-order valence-electron chi connectivity index (χ1n) is 25.5. The Bertz CT molecular complexity index is 939. The van der Waals surface area contributed by atoms with Gasteiger partial charge in [-0.05, 0) is 70.3 Å². The maximum atomic E-state index is 13.1. The molecule has 0 amide bonds. The second kappa shape index (κ2) is 38.8. The molecule has 1 rings (SSSR count). The molecule has 1 heterocycles. The minimum Gasteiger partial charge on any atom is -0.465 e. The van der Waals surface area contributed by atoms with Crippen molar-refractivity contribution in [2.24, 2.45) is 17.8 Å². The third-order valence-corrected chi connectivity index (χ3v) is 12.7. The Morgan fingerprint density at radius 3 is 1.42 bits per heavy atom. The number of ketones is 1. The van der Waals surface area contributed by atoms with Gasteiger partial charge in [-0.3, -0.25) is 19.3 Å². The van der Waals surface area contributed by atoms with Crippen LogP contribution in [0.15, 0.2) is 0 Å². The lowest BCUT2D eigenvalue weighted by Gasteiger charge is -2.23. The van der Waals surface area contributed by atoms with Gasteiger partial charge >= 0.3 is 11.9 Å². The molecule has 0 radical (unpaired) electrons. The molecule has 6 heteroatoms. The molecular formula is C51H97NO5. The standard InChI is InChI=1S/C51H97NO5/c1-6-10-14-18-21-29-36-46(35-27-16-12-8-3)49(53)39-31-23-20-25-33-42-57-51(55)48-43-45(5)44-52(48)40-32-24-26-34-41-56-50(54)47(37-28-17-13-9-4)38-30-22-19-15-11-7-2/h45-48H,6-44H2,1-5H3. The molecule has 0 aromatic carbocycles. The average Bonchev–Trinajstić information content (AvgIpc) is 3.59. The quantitative estimate of drug-likeness (QED) is 0.0452. The number of nitrogens with zero attached hydrogens (tertiary/aromatic N) is 1. The van der Waals surface area contributed by atoms with E-state index in [-0.39, 0.29) is 29.8 Å². The van der Waals surface area contributed by atoms with Gasteiger partial charge in [-0.15, -0.1) is 0 Å². The Balaban J connectivity index is 2.25. The van der Waals surface area contributed by atoms with Crippen molar-refractivity contribution in [3.63, 3.8) is 0 Å². The molecule has 0 N–H and O–H groups in total. The maximum Gasteiger partial charge on any atom is 0.323 e. The monoisotopic (exact) mass is 804 g/mol. The van der Waals surface area contributed by atoms with E-state index in [4.69, 9.17) is 9.47 Å².